The summed E-state index contributed by atoms with van der Waals surface area (Å²) in [5.74, 6) is 1.48. The lowest BCUT2D eigenvalue weighted by atomic mass is 10.1. The second-order valence-electron chi connectivity index (χ2n) is 7.49. The molecule has 1 heterocycles. The summed E-state index contributed by atoms with van der Waals surface area (Å²) in [6.45, 7) is 2.78. The lowest BCUT2D eigenvalue weighted by Crippen LogP contribution is -2.30. The third kappa shape index (κ3) is 5.37. The molecule has 3 aromatic carbocycles. The molecule has 6 heteroatoms. The molecule has 1 fully saturated rings. The standard InChI is InChI=1S/C26H26N2O2S2/c1-2-31-23-11-7-6-10-22(23)27-25(30)20-12-14-21(15-13-20)26-28(24(29)18-32-26)17-16-19-8-4-3-5-9-19/h3-15,26H,2,16-18H2,1H3,(H,27,30)/t26-/m0/s1. The van der Waals surface area contributed by atoms with Crippen LogP contribution >= 0.6 is 23.5 Å². The number of anilines is 1. The highest BCUT2D eigenvalue weighted by Crippen LogP contribution is 2.38. The number of nitrogens with zero attached hydrogens (tertiary/aromatic N) is 1. The molecule has 4 rings (SSSR count). The first-order valence-corrected chi connectivity index (χ1v) is 12.8. The minimum absolute atomic E-state index is 0.00926. The molecule has 164 valence electrons. The first kappa shape index (κ1) is 22.5. The maximum atomic E-state index is 12.8. The summed E-state index contributed by atoms with van der Waals surface area (Å²) >= 11 is 3.35. The predicted molar refractivity (Wildman–Crippen MR) is 134 cm³/mol. The lowest BCUT2D eigenvalue weighted by Gasteiger charge is -2.24. The van der Waals surface area contributed by atoms with Crippen LogP contribution in [-0.2, 0) is 11.2 Å². The van der Waals surface area contributed by atoms with E-state index in [4.69, 9.17) is 0 Å². The molecule has 0 unspecified atom stereocenters. The van der Waals surface area contributed by atoms with Crippen LogP contribution < -0.4 is 5.32 Å². The fourth-order valence-corrected chi connectivity index (χ4v) is 5.69. The van der Waals surface area contributed by atoms with Gasteiger partial charge in [0.25, 0.3) is 5.91 Å². The van der Waals surface area contributed by atoms with Crippen molar-refractivity contribution >= 4 is 41.0 Å². The summed E-state index contributed by atoms with van der Waals surface area (Å²) in [5, 5.41) is 3.02. The van der Waals surface area contributed by atoms with Gasteiger partial charge >= 0.3 is 0 Å². The highest BCUT2D eigenvalue weighted by molar-refractivity contribution is 8.00. The second-order valence-corrected chi connectivity index (χ2v) is 9.87. The minimum atomic E-state index is -0.128. The van der Waals surface area contributed by atoms with Crippen LogP contribution in [0, 0.1) is 0 Å². The van der Waals surface area contributed by atoms with Gasteiger partial charge in [-0.05, 0) is 47.6 Å². The van der Waals surface area contributed by atoms with Crippen LogP contribution in [0.1, 0.15) is 33.8 Å². The normalized spacial score (nSPS) is 15.7. The molecule has 0 aliphatic carbocycles. The molecule has 0 saturated carbocycles. The minimum Gasteiger partial charge on any atom is -0.326 e. The van der Waals surface area contributed by atoms with Crippen molar-refractivity contribution in [3.05, 3.63) is 95.6 Å². The van der Waals surface area contributed by atoms with Crippen molar-refractivity contribution in [2.75, 3.05) is 23.4 Å². The van der Waals surface area contributed by atoms with Crippen molar-refractivity contribution in [2.45, 2.75) is 23.6 Å². The van der Waals surface area contributed by atoms with Gasteiger partial charge in [0.1, 0.15) is 5.37 Å². The Labute approximate surface area is 197 Å². The zero-order valence-electron chi connectivity index (χ0n) is 18.0. The Morgan fingerprint density at radius 2 is 1.75 bits per heavy atom. The number of nitrogens with one attached hydrogen (secondary N) is 1. The second kappa shape index (κ2) is 10.7. The third-order valence-electron chi connectivity index (χ3n) is 5.35. The largest absolute Gasteiger partial charge is 0.326 e. The molecule has 0 radical (unpaired) electrons. The highest BCUT2D eigenvalue weighted by atomic mass is 32.2. The van der Waals surface area contributed by atoms with Crippen LogP contribution in [0.25, 0.3) is 0 Å². The lowest BCUT2D eigenvalue weighted by molar-refractivity contribution is -0.128. The molecule has 0 spiro atoms. The quantitative estimate of drug-likeness (QED) is 0.426. The molecule has 2 amide bonds. The molecular weight excluding hydrogens is 436 g/mol. The first-order valence-electron chi connectivity index (χ1n) is 10.7. The predicted octanol–water partition coefficient (Wildman–Crippen LogP) is 5.87. The summed E-state index contributed by atoms with van der Waals surface area (Å²) in [5.41, 5.74) is 3.71. The molecule has 32 heavy (non-hydrogen) atoms. The zero-order chi connectivity index (χ0) is 22.3. The molecule has 0 aromatic heterocycles. The van der Waals surface area contributed by atoms with Crippen molar-refractivity contribution in [3.8, 4) is 0 Å². The van der Waals surface area contributed by atoms with Crippen molar-refractivity contribution in [1.82, 2.24) is 4.90 Å². The van der Waals surface area contributed by atoms with Crippen molar-refractivity contribution < 1.29 is 9.59 Å². The van der Waals surface area contributed by atoms with Gasteiger partial charge in [0.15, 0.2) is 0 Å². The van der Waals surface area contributed by atoms with Gasteiger partial charge in [-0.1, -0.05) is 61.5 Å². The molecule has 1 aliphatic rings. The number of para-hydroxylation sites is 1. The van der Waals surface area contributed by atoms with E-state index in [2.05, 4.69) is 24.4 Å². The number of thioether (sulfide) groups is 2. The summed E-state index contributed by atoms with van der Waals surface area (Å²) in [7, 11) is 0. The van der Waals surface area contributed by atoms with Gasteiger partial charge in [0.05, 0.1) is 11.4 Å². The van der Waals surface area contributed by atoms with Crippen molar-refractivity contribution in [2.24, 2.45) is 0 Å². The monoisotopic (exact) mass is 462 g/mol. The van der Waals surface area contributed by atoms with Gasteiger partial charge in [-0.15, -0.1) is 23.5 Å². The smallest absolute Gasteiger partial charge is 0.255 e. The van der Waals surface area contributed by atoms with E-state index in [1.165, 1.54) is 5.56 Å². The topological polar surface area (TPSA) is 49.4 Å². The van der Waals surface area contributed by atoms with Gasteiger partial charge in [0.2, 0.25) is 5.91 Å². The molecular formula is C26H26N2O2S2. The Kier molecular flexibility index (Phi) is 7.55. The summed E-state index contributed by atoms with van der Waals surface area (Å²) in [6, 6.07) is 25.7. The van der Waals surface area contributed by atoms with Crippen LogP contribution in [-0.4, -0.2) is 34.8 Å². The summed E-state index contributed by atoms with van der Waals surface area (Å²) in [4.78, 5) is 28.3. The van der Waals surface area contributed by atoms with Gasteiger partial charge in [-0.25, -0.2) is 0 Å². The first-order chi connectivity index (χ1) is 15.7. The Bertz CT molecular complexity index is 1070. The van der Waals surface area contributed by atoms with E-state index >= 15 is 0 Å². The van der Waals surface area contributed by atoms with Crippen LogP contribution in [0.4, 0.5) is 5.69 Å². The van der Waals surface area contributed by atoms with Gasteiger partial charge in [-0.3, -0.25) is 9.59 Å². The summed E-state index contributed by atoms with van der Waals surface area (Å²) in [6.07, 6.45) is 0.833. The van der Waals surface area contributed by atoms with E-state index in [9.17, 15) is 9.59 Å². The van der Waals surface area contributed by atoms with E-state index in [0.717, 1.165) is 28.3 Å². The number of carbonyl (C=O) groups excluding carboxylic acids is 2. The van der Waals surface area contributed by atoms with Crippen LogP contribution in [0.15, 0.2) is 83.8 Å². The van der Waals surface area contributed by atoms with E-state index < -0.39 is 0 Å². The zero-order valence-corrected chi connectivity index (χ0v) is 19.6. The molecule has 0 bridgehead atoms. The molecule has 1 aliphatic heterocycles. The van der Waals surface area contributed by atoms with E-state index in [1.54, 1.807) is 23.5 Å². The van der Waals surface area contributed by atoms with Crippen LogP contribution in [0.3, 0.4) is 0 Å². The van der Waals surface area contributed by atoms with E-state index in [0.29, 0.717) is 17.9 Å². The van der Waals surface area contributed by atoms with Gasteiger partial charge in [-0.2, -0.15) is 0 Å². The van der Waals surface area contributed by atoms with Crippen LogP contribution in [0.2, 0.25) is 0 Å². The average Bonchev–Trinajstić information content (AvgIpc) is 3.20. The Morgan fingerprint density at radius 3 is 2.50 bits per heavy atom. The molecule has 1 N–H and O–H groups in total. The Morgan fingerprint density at radius 1 is 1.03 bits per heavy atom. The SMILES string of the molecule is CCSc1ccccc1NC(=O)c1ccc([C@@H]2SCC(=O)N2CCc2ccccc2)cc1. The number of amides is 2. The molecule has 4 nitrogen and oxygen atoms in total. The van der Waals surface area contributed by atoms with Crippen molar-refractivity contribution in [1.29, 1.82) is 0 Å². The maximum Gasteiger partial charge on any atom is 0.255 e. The molecule has 3 aromatic rings. The summed E-state index contributed by atoms with van der Waals surface area (Å²) < 4.78 is 0. The third-order valence-corrected chi connectivity index (χ3v) is 7.56. The van der Waals surface area contributed by atoms with E-state index in [-0.39, 0.29) is 17.2 Å². The molecule has 1 saturated heterocycles. The Hall–Kier alpha value is -2.70. The van der Waals surface area contributed by atoms with Gasteiger partial charge in [0, 0.05) is 17.0 Å². The fraction of sp³-hybridized carbons (Fsp3) is 0.231. The number of hydrogen-bond acceptors (Lipinski definition) is 4. The van der Waals surface area contributed by atoms with Crippen molar-refractivity contribution in [3.63, 3.8) is 0 Å². The number of benzene rings is 3. The van der Waals surface area contributed by atoms with Crippen LogP contribution in [0.5, 0.6) is 0 Å². The maximum absolute atomic E-state index is 12.8. The number of rotatable bonds is 8. The molecule has 1 atom stereocenters. The van der Waals surface area contributed by atoms with Gasteiger partial charge < -0.3 is 10.2 Å². The highest BCUT2D eigenvalue weighted by Gasteiger charge is 2.32. The number of carbonyl (C=O) groups is 2. The average molecular weight is 463 g/mol. The number of hydrogen-bond donors (Lipinski definition) is 1. The van der Waals surface area contributed by atoms with E-state index in [1.807, 2.05) is 71.6 Å². The Balaban J connectivity index is 1.43. The fourth-order valence-electron chi connectivity index (χ4n) is 3.71.